The molecule has 0 spiro atoms. The van der Waals surface area contributed by atoms with Crippen LogP contribution < -0.4 is 5.32 Å². The fraction of sp³-hybridized carbons (Fsp3) is 0.273. The lowest BCUT2D eigenvalue weighted by Gasteiger charge is -2.05. The Balaban J connectivity index is 2.73. The molecule has 2 heteroatoms. The van der Waals surface area contributed by atoms with E-state index in [1.54, 1.807) is 0 Å². The van der Waals surface area contributed by atoms with Gasteiger partial charge in [-0.15, -0.1) is 0 Å². The number of benzene rings is 1. The van der Waals surface area contributed by atoms with Crippen LogP contribution in [0.2, 0.25) is 0 Å². The Hall–Kier alpha value is -1.31. The highest BCUT2D eigenvalue weighted by molar-refractivity contribution is 5.65. The normalized spacial score (nSPS) is 9.69. The van der Waals surface area contributed by atoms with Crippen LogP contribution in [-0.2, 0) is 0 Å². The highest BCUT2D eigenvalue weighted by Crippen LogP contribution is 2.16. The molecule has 0 saturated carbocycles. The zero-order valence-electron chi connectivity index (χ0n) is 7.81. The van der Waals surface area contributed by atoms with Crippen LogP contribution in [0.25, 0.3) is 5.57 Å². The molecule has 70 valence electrons. The zero-order chi connectivity index (χ0) is 9.68. The van der Waals surface area contributed by atoms with E-state index in [0.29, 0.717) is 6.54 Å². The van der Waals surface area contributed by atoms with E-state index < -0.39 is 0 Å². The summed E-state index contributed by atoms with van der Waals surface area (Å²) in [6.07, 6.45) is 0. The number of anilines is 1. The molecule has 0 saturated heterocycles. The van der Waals surface area contributed by atoms with Crippen LogP contribution in [-0.4, -0.2) is 13.2 Å². The molecular formula is C11H14FN. The molecule has 0 radical (unpaired) electrons. The van der Waals surface area contributed by atoms with E-state index in [2.05, 4.69) is 11.9 Å². The van der Waals surface area contributed by atoms with Gasteiger partial charge < -0.3 is 5.32 Å². The first-order valence-electron chi connectivity index (χ1n) is 4.30. The fourth-order valence-corrected chi connectivity index (χ4v) is 1.09. The van der Waals surface area contributed by atoms with Crippen molar-refractivity contribution in [1.29, 1.82) is 0 Å². The molecule has 0 heterocycles. The van der Waals surface area contributed by atoms with Gasteiger partial charge in [-0.25, -0.2) is 4.39 Å². The smallest absolute Gasteiger partial charge is 0.107 e. The number of alkyl halides is 1. The zero-order valence-corrected chi connectivity index (χ0v) is 7.81. The van der Waals surface area contributed by atoms with Crippen molar-refractivity contribution < 1.29 is 4.39 Å². The average molecular weight is 179 g/mol. The third-order valence-corrected chi connectivity index (χ3v) is 1.78. The van der Waals surface area contributed by atoms with Crippen molar-refractivity contribution in [3.05, 3.63) is 36.4 Å². The second kappa shape index (κ2) is 4.65. The van der Waals surface area contributed by atoms with E-state index in [1.807, 2.05) is 31.2 Å². The summed E-state index contributed by atoms with van der Waals surface area (Å²) in [6, 6.07) is 7.81. The third-order valence-electron chi connectivity index (χ3n) is 1.78. The molecule has 0 aromatic heterocycles. The molecule has 1 nitrogen and oxygen atoms in total. The molecule has 0 aliphatic heterocycles. The largest absolute Gasteiger partial charge is 0.382 e. The molecular weight excluding hydrogens is 165 g/mol. The standard InChI is InChI=1S/C11H14FN/c1-9(2)10-4-3-5-11(8-10)13-7-6-12/h3-5,8,13H,1,6-7H2,2H3. The van der Waals surface area contributed by atoms with Crippen LogP contribution in [0.5, 0.6) is 0 Å². The maximum Gasteiger partial charge on any atom is 0.107 e. The minimum atomic E-state index is -0.350. The minimum absolute atomic E-state index is 0.350. The van der Waals surface area contributed by atoms with Crippen molar-refractivity contribution in [3.8, 4) is 0 Å². The van der Waals surface area contributed by atoms with Gasteiger partial charge in [0.15, 0.2) is 0 Å². The topological polar surface area (TPSA) is 12.0 Å². The SMILES string of the molecule is C=C(C)c1cccc(NCCF)c1. The van der Waals surface area contributed by atoms with Crippen LogP contribution in [0.3, 0.4) is 0 Å². The Bertz CT molecular complexity index is 294. The van der Waals surface area contributed by atoms with Gasteiger partial charge in [0.05, 0.1) is 0 Å². The Morgan fingerprint density at radius 3 is 2.92 bits per heavy atom. The number of nitrogens with one attached hydrogen (secondary N) is 1. The predicted octanol–water partition coefficient (Wildman–Crippen LogP) is 3.10. The van der Waals surface area contributed by atoms with E-state index in [1.165, 1.54) is 0 Å². The quantitative estimate of drug-likeness (QED) is 0.748. The van der Waals surface area contributed by atoms with Crippen LogP contribution in [0, 0.1) is 0 Å². The van der Waals surface area contributed by atoms with Gasteiger partial charge in [-0.1, -0.05) is 24.3 Å². The summed E-state index contributed by atoms with van der Waals surface area (Å²) in [5.74, 6) is 0. The lowest BCUT2D eigenvalue weighted by molar-refractivity contribution is 0.513. The van der Waals surface area contributed by atoms with Crippen molar-refractivity contribution in [2.75, 3.05) is 18.5 Å². The number of allylic oxidation sites excluding steroid dienone is 1. The molecule has 1 aromatic rings. The summed E-state index contributed by atoms with van der Waals surface area (Å²) in [5, 5.41) is 2.97. The number of halogens is 1. The van der Waals surface area contributed by atoms with Crippen LogP contribution >= 0.6 is 0 Å². The van der Waals surface area contributed by atoms with Gasteiger partial charge in [0.25, 0.3) is 0 Å². The first-order valence-corrected chi connectivity index (χ1v) is 4.30. The molecule has 0 aliphatic carbocycles. The third kappa shape index (κ3) is 2.90. The van der Waals surface area contributed by atoms with Gasteiger partial charge in [0, 0.05) is 12.2 Å². The summed E-state index contributed by atoms with van der Waals surface area (Å²) in [5.41, 5.74) is 3.05. The molecule has 1 N–H and O–H groups in total. The average Bonchev–Trinajstić information content (AvgIpc) is 2.15. The summed E-state index contributed by atoms with van der Waals surface area (Å²) < 4.78 is 11.9. The highest BCUT2D eigenvalue weighted by Gasteiger charge is 1.95. The Kier molecular flexibility index (Phi) is 3.50. The second-order valence-corrected chi connectivity index (χ2v) is 2.98. The summed E-state index contributed by atoms with van der Waals surface area (Å²) in [4.78, 5) is 0. The number of hydrogen-bond acceptors (Lipinski definition) is 1. The first kappa shape index (κ1) is 9.78. The molecule has 0 amide bonds. The van der Waals surface area contributed by atoms with Crippen molar-refractivity contribution in [2.45, 2.75) is 6.92 Å². The van der Waals surface area contributed by atoms with Gasteiger partial charge in [-0.3, -0.25) is 0 Å². The number of hydrogen-bond donors (Lipinski definition) is 1. The summed E-state index contributed by atoms with van der Waals surface area (Å²) >= 11 is 0. The summed E-state index contributed by atoms with van der Waals surface area (Å²) in [7, 11) is 0. The maximum atomic E-state index is 11.9. The van der Waals surface area contributed by atoms with Crippen LogP contribution in [0.1, 0.15) is 12.5 Å². The molecule has 1 rings (SSSR count). The Morgan fingerprint density at radius 2 is 2.31 bits per heavy atom. The monoisotopic (exact) mass is 179 g/mol. The molecule has 0 atom stereocenters. The van der Waals surface area contributed by atoms with E-state index in [0.717, 1.165) is 16.8 Å². The molecule has 1 aromatic carbocycles. The minimum Gasteiger partial charge on any atom is -0.382 e. The lowest BCUT2D eigenvalue weighted by atomic mass is 10.1. The van der Waals surface area contributed by atoms with E-state index in [-0.39, 0.29) is 6.67 Å². The molecule has 0 unspecified atom stereocenters. The second-order valence-electron chi connectivity index (χ2n) is 2.98. The maximum absolute atomic E-state index is 11.9. The van der Waals surface area contributed by atoms with Crippen molar-refractivity contribution in [2.24, 2.45) is 0 Å². The fourth-order valence-electron chi connectivity index (χ4n) is 1.09. The van der Waals surface area contributed by atoms with Gasteiger partial charge in [0.2, 0.25) is 0 Å². The molecule has 0 bridgehead atoms. The van der Waals surface area contributed by atoms with E-state index >= 15 is 0 Å². The van der Waals surface area contributed by atoms with Gasteiger partial charge in [-0.2, -0.15) is 0 Å². The van der Waals surface area contributed by atoms with Gasteiger partial charge >= 0.3 is 0 Å². The summed E-state index contributed by atoms with van der Waals surface area (Å²) in [6.45, 7) is 5.81. The van der Waals surface area contributed by atoms with Gasteiger partial charge in [0.1, 0.15) is 6.67 Å². The molecule has 13 heavy (non-hydrogen) atoms. The Morgan fingerprint density at radius 1 is 1.54 bits per heavy atom. The Labute approximate surface area is 78.3 Å². The van der Waals surface area contributed by atoms with Crippen LogP contribution in [0.15, 0.2) is 30.8 Å². The molecule has 0 fully saturated rings. The van der Waals surface area contributed by atoms with Crippen LogP contribution in [0.4, 0.5) is 10.1 Å². The van der Waals surface area contributed by atoms with Crippen molar-refractivity contribution >= 4 is 11.3 Å². The lowest BCUT2D eigenvalue weighted by Crippen LogP contribution is -2.02. The van der Waals surface area contributed by atoms with Crippen molar-refractivity contribution in [3.63, 3.8) is 0 Å². The van der Waals surface area contributed by atoms with Crippen molar-refractivity contribution in [1.82, 2.24) is 0 Å². The molecule has 0 aliphatic rings. The predicted molar refractivity (Wildman–Crippen MR) is 55.6 cm³/mol. The first-order chi connectivity index (χ1) is 6.24. The van der Waals surface area contributed by atoms with E-state index in [9.17, 15) is 4.39 Å². The van der Waals surface area contributed by atoms with E-state index in [4.69, 9.17) is 0 Å². The van der Waals surface area contributed by atoms with Gasteiger partial charge in [-0.05, 0) is 24.6 Å². The highest BCUT2D eigenvalue weighted by atomic mass is 19.1. The number of rotatable bonds is 4.